The minimum atomic E-state index is -0.137. The Morgan fingerprint density at radius 1 is 1.23 bits per heavy atom. The molecule has 0 spiro atoms. The molecule has 2 rings (SSSR count). The van der Waals surface area contributed by atoms with Crippen LogP contribution in [0.2, 0.25) is 5.02 Å². The topological polar surface area (TPSA) is 63.2 Å². The minimum Gasteiger partial charge on any atom is -0.385 e. The number of nitrogens with one attached hydrogen (secondary N) is 2. The molecule has 0 radical (unpaired) electrons. The lowest BCUT2D eigenvalue weighted by molar-refractivity contribution is 0.0948. The third kappa shape index (κ3) is 5.02. The van der Waals surface area contributed by atoms with Crippen molar-refractivity contribution in [2.75, 3.05) is 25.6 Å². The third-order valence-corrected chi connectivity index (χ3v) is 3.21. The van der Waals surface area contributed by atoms with E-state index in [1.54, 1.807) is 37.6 Å². The SMILES string of the molecule is COCCCNC(=O)c1ccc(Nc2ccc(Cl)cc2)nc1. The van der Waals surface area contributed by atoms with Gasteiger partial charge < -0.3 is 15.4 Å². The number of anilines is 2. The van der Waals surface area contributed by atoms with E-state index in [4.69, 9.17) is 16.3 Å². The van der Waals surface area contributed by atoms with E-state index in [1.165, 1.54) is 0 Å². The smallest absolute Gasteiger partial charge is 0.252 e. The van der Waals surface area contributed by atoms with E-state index in [2.05, 4.69) is 15.6 Å². The normalized spacial score (nSPS) is 10.3. The number of methoxy groups -OCH3 is 1. The number of nitrogens with zero attached hydrogens (tertiary/aromatic N) is 1. The van der Waals surface area contributed by atoms with Gasteiger partial charge in [0.2, 0.25) is 0 Å². The summed E-state index contributed by atoms with van der Waals surface area (Å²) in [6.07, 6.45) is 2.33. The lowest BCUT2D eigenvalue weighted by Crippen LogP contribution is -2.25. The van der Waals surface area contributed by atoms with Crippen molar-refractivity contribution in [1.82, 2.24) is 10.3 Å². The molecule has 0 bridgehead atoms. The van der Waals surface area contributed by atoms with Crippen molar-refractivity contribution in [2.24, 2.45) is 0 Å². The number of aromatic nitrogens is 1. The van der Waals surface area contributed by atoms with Crippen LogP contribution >= 0.6 is 11.6 Å². The predicted molar refractivity (Wildman–Crippen MR) is 87.8 cm³/mol. The van der Waals surface area contributed by atoms with Gasteiger partial charge in [0, 0.05) is 37.2 Å². The summed E-state index contributed by atoms with van der Waals surface area (Å²) in [7, 11) is 1.64. The van der Waals surface area contributed by atoms with Crippen LogP contribution in [0.1, 0.15) is 16.8 Å². The fourth-order valence-corrected chi connectivity index (χ4v) is 1.93. The molecule has 2 aromatic rings. The zero-order valence-corrected chi connectivity index (χ0v) is 13.1. The van der Waals surface area contributed by atoms with Crippen molar-refractivity contribution in [2.45, 2.75) is 6.42 Å². The summed E-state index contributed by atoms with van der Waals surface area (Å²) in [6.45, 7) is 1.21. The predicted octanol–water partition coefficient (Wildman–Crippen LogP) is 3.24. The van der Waals surface area contributed by atoms with E-state index in [0.717, 1.165) is 12.1 Å². The van der Waals surface area contributed by atoms with Gasteiger partial charge in [-0.05, 0) is 42.8 Å². The van der Waals surface area contributed by atoms with Crippen molar-refractivity contribution in [3.63, 3.8) is 0 Å². The van der Waals surface area contributed by atoms with Gasteiger partial charge in [0.1, 0.15) is 5.82 Å². The average Bonchev–Trinajstić information content (AvgIpc) is 2.54. The van der Waals surface area contributed by atoms with Crippen LogP contribution in [0, 0.1) is 0 Å². The van der Waals surface area contributed by atoms with Crippen LogP contribution in [0.5, 0.6) is 0 Å². The molecule has 5 nitrogen and oxygen atoms in total. The average molecular weight is 320 g/mol. The summed E-state index contributed by atoms with van der Waals surface area (Å²) in [4.78, 5) is 16.1. The summed E-state index contributed by atoms with van der Waals surface area (Å²) in [6, 6.07) is 10.8. The van der Waals surface area contributed by atoms with Gasteiger partial charge in [-0.1, -0.05) is 11.6 Å². The molecule has 116 valence electrons. The highest BCUT2D eigenvalue weighted by Gasteiger charge is 2.05. The Morgan fingerprint density at radius 2 is 2.00 bits per heavy atom. The Morgan fingerprint density at radius 3 is 2.64 bits per heavy atom. The number of rotatable bonds is 7. The van der Waals surface area contributed by atoms with E-state index >= 15 is 0 Å². The van der Waals surface area contributed by atoms with Crippen LogP contribution in [0.15, 0.2) is 42.6 Å². The molecule has 1 heterocycles. The lowest BCUT2D eigenvalue weighted by Gasteiger charge is -2.07. The van der Waals surface area contributed by atoms with Crippen molar-refractivity contribution in [3.05, 3.63) is 53.2 Å². The fourth-order valence-electron chi connectivity index (χ4n) is 1.80. The highest BCUT2D eigenvalue weighted by molar-refractivity contribution is 6.30. The maximum absolute atomic E-state index is 11.9. The maximum atomic E-state index is 11.9. The van der Waals surface area contributed by atoms with E-state index in [-0.39, 0.29) is 5.91 Å². The molecule has 2 N–H and O–H groups in total. The zero-order chi connectivity index (χ0) is 15.8. The second-order valence-corrected chi connectivity index (χ2v) is 5.10. The van der Waals surface area contributed by atoms with Gasteiger partial charge in [0.05, 0.1) is 5.56 Å². The molecule has 0 fully saturated rings. The Labute approximate surface area is 134 Å². The number of hydrogen-bond donors (Lipinski definition) is 2. The van der Waals surface area contributed by atoms with Gasteiger partial charge >= 0.3 is 0 Å². The van der Waals surface area contributed by atoms with Crippen molar-refractivity contribution >= 4 is 29.0 Å². The summed E-state index contributed by atoms with van der Waals surface area (Å²) < 4.78 is 4.93. The maximum Gasteiger partial charge on any atom is 0.252 e. The molecule has 0 atom stereocenters. The molecule has 22 heavy (non-hydrogen) atoms. The fraction of sp³-hybridized carbons (Fsp3) is 0.250. The molecule has 0 saturated heterocycles. The monoisotopic (exact) mass is 319 g/mol. The third-order valence-electron chi connectivity index (χ3n) is 2.95. The van der Waals surface area contributed by atoms with Crippen LogP contribution in [-0.2, 0) is 4.74 Å². The van der Waals surface area contributed by atoms with Crippen LogP contribution in [0.3, 0.4) is 0 Å². The van der Waals surface area contributed by atoms with E-state index in [1.807, 2.05) is 12.1 Å². The molecule has 6 heteroatoms. The lowest BCUT2D eigenvalue weighted by atomic mass is 10.2. The number of benzene rings is 1. The van der Waals surface area contributed by atoms with E-state index in [9.17, 15) is 4.79 Å². The number of hydrogen-bond acceptors (Lipinski definition) is 4. The van der Waals surface area contributed by atoms with Gasteiger partial charge in [-0.3, -0.25) is 4.79 Å². The summed E-state index contributed by atoms with van der Waals surface area (Å²) in [5.74, 6) is 0.528. The quantitative estimate of drug-likeness (QED) is 0.769. The van der Waals surface area contributed by atoms with E-state index < -0.39 is 0 Å². The summed E-state index contributed by atoms with van der Waals surface area (Å²) in [5, 5.41) is 6.63. The highest BCUT2D eigenvalue weighted by Crippen LogP contribution is 2.17. The molecule has 0 saturated carbocycles. The van der Waals surface area contributed by atoms with Crippen molar-refractivity contribution in [3.8, 4) is 0 Å². The molecular weight excluding hydrogens is 302 g/mol. The largest absolute Gasteiger partial charge is 0.385 e. The van der Waals surface area contributed by atoms with Gasteiger partial charge in [-0.15, -0.1) is 0 Å². The number of amides is 1. The molecule has 0 aliphatic rings. The second kappa shape index (κ2) is 8.36. The standard InChI is InChI=1S/C16H18ClN3O2/c1-22-10-2-9-18-16(21)12-3-8-15(19-11-12)20-14-6-4-13(17)5-7-14/h3-8,11H,2,9-10H2,1H3,(H,18,21)(H,19,20). The molecule has 1 aromatic heterocycles. The van der Waals surface area contributed by atoms with Crippen LogP contribution in [-0.4, -0.2) is 31.2 Å². The first-order valence-electron chi connectivity index (χ1n) is 6.95. The Kier molecular flexibility index (Phi) is 6.18. The van der Waals surface area contributed by atoms with Crippen LogP contribution in [0.4, 0.5) is 11.5 Å². The van der Waals surface area contributed by atoms with Crippen molar-refractivity contribution in [1.29, 1.82) is 0 Å². The molecule has 0 aliphatic heterocycles. The highest BCUT2D eigenvalue weighted by atomic mass is 35.5. The van der Waals surface area contributed by atoms with Gasteiger partial charge in [0.25, 0.3) is 5.91 Å². The van der Waals surface area contributed by atoms with Gasteiger partial charge in [0.15, 0.2) is 0 Å². The molecular formula is C16H18ClN3O2. The minimum absolute atomic E-state index is 0.137. The second-order valence-electron chi connectivity index (χ2n) is 4.67. The van der Waals surface area contributed by atoms with E-state index in [0.29, 0.717) is 29.6 Å². The van der Waals surface area contributed by atoms with Crippen LogP contribution in [0.25, 0.3) is 0 Å². The first-order valence-corrected chi connectivity index (χ1v) is 7.32. The number of carbonyl (C=O) groups excluding carboxylic acids is 1. The zero-order valence-electron chi connectivity index (χ0n) is 12.3. The number of halogens is 1. The summed E-state index contributed by atoms with van der Waals surface area (Å²) >= 11 is 5.84. The van der Waals surface area contributed by atoms with Crippen molar-refractivity contribution < 1.29 is 9.53 Å². The molecule has 0 aliphatic carbocycles. The first kappa shape index (κ1) is 16.3. The number of carbonyl (C=O) groups is 1. The Balaban J connectivity index is 1.89. The van der Waals surface area contributed by atoms with Crippen LogP contribution < -0.4 is 10.6 Å². The Hall–Kier alpha value is -2.11. The first-order chi connectivity index (χ1) is 10.7. The number of ether oxygens (including phenoxy) is 1. The molecule has 1 aromatic carbocycles. The summed E-state index contributed by atoms with van der Waals surface area (Å²) in [5.41, 5.74) is 1.41. The number of pyridine rings is 1. The van der Waals surface area contributed by atoms with Gasteiger partial charge in [-0.25, -0.2) is 4.98 Å². The molecule has 0 unspecified atom stereocenters. The van der Waals surface area contributed by atoms with Gasteiger partial charge in [-0.2, -0.15) is 0 Å². The Bertz CT molecular complexity index is 600. The molecule has 1 amide bonds.